The predicted molar refractivity (Wildman–Crippen MR) is 77.4 cm³/mol. The molecule has 1 heterocycles. The van der Waals surface area contributed by atoms with Gasteiger partial charge in [-0.15, -0.1) is 17.5 Å². The first kappa shape index (κ1) is 15.5. The first-order valence-corrected chi connectivity index (χ1v) is 6.10. The van der Waals surface area contributed by atoms with Gasteiger partial charge in [0.1, 0.15) is 0 Å². The second kappa shape index (κ2) is 7.76. The number of aryl methyl sites for hydroxylation is 2. The van der Waals surface area contributed by atoms with Crippen molar-refractivity contribution < 1.29 is 4.42 Å². The summed E-state index contributed by atoms with van der Waals surface area (Å²) in [5.41, 5.74) is 8.01. The molecule has 2 aromatic rings. The van der Waals surface area contributed by atoms with E-state index in [2.05, 4.69) is 46.7 Å². The van der Waals surface area contributed by atoms with Crippen LogP contribution in [0.2, 0.25) is 0 Å². The zero-order valence-electron chi connectivity index (χ0n) is 10.9. The van der Waals surface area contributed by atoms with Crippen molar-refractivity contribution in [2.75, 3.05) is 11.9 Å². The van der Waals surface area contributed by atoms with E-state index >= 15 is 0 Å². The number of halogens is 1. The lowest BCUT2D eigenvalue weighted by Gasteiger charge is -2.02. The number of rotatable bonds is 6. The van der Waals surface area contributed by atoms with Crippen LogP contribution in [0.3, 0.4) is 0 Å². The Labute approximate surface area is 119 Å². The summed E-state index contributed by atoms with van der Waals surface area (Å²) in [4.78, 5) is 0. The lowest BCUT2D eigenvalue weighted by atomic mass is 10.1. The Morgan fingerprint density at radius 1 is 1.21 bits per heavy atom. The molecule has 0 unspecified atom stereocenters. The standard InChI is InChI=1S/C13H18N4O.ClH/c1-10-4-6-11(7-5-10)3-2-8-15-13-17-16-12(9-14)18-13;/h4-7H,2-3,8-9,14H2,1H3,(H,15,17);1H. The quantitative estimate of drug-likeness (QED) is 0.795. The van der Waals surface area contributed by atoms with Crippen LogP contribution in [0.25, 0.3) is 0 Å². The Kier molecular flexibility index (Phi) is 6.32. The summed E-state index contributed by atoms with van der Waals surface area (Å²) in [6.07, 6.45) is 2.05. The van der Waals surface area contributed by atoms with Crippen LogP contribution in [-0.4, -0.2) is 16.7 Å². The van der Waals surface area contributed by atoms with E-state index in [4.69, 9.17) is 10.2 Å². The number of anilines is 1. The summed E-state index contributed by atoms with van der Waals surface area (Å²) in [6.45, 7) is 3.17. The maximum atomic E-state index is 5.38. The molecule has 6 heteroatoms. The van der Waals surface area contributed by atoms with Gasteiger partial charge in [0, 0.05) is 6.54 Å². The van der Waals surface area contributed by atoms with Crippen LogP contribution in [0, 0.1) is 6.92 Å². The minimum absolute atomic E-state index is 0. The van der Waals surface area contributed by atoms with Gasteiger partial charge >= 0.3 is 6.01 Å². The van der Waals surface area contributed by atoms with Crippen molar-refractivity contribution in [3.05, 3.63) is 41.3 Å². The molecule has 1 aromatic carbocycles. The number of nitrogens with one attached hydrogen (secondary N) is 1. The third-order valence-corrected chi connectivity index (χ3v) is 2.68. The summed E-state index contributed by atoms with van der Waals surface area (Å²) in [5, 5.41) is 10.7. The topological polar surface area (TPSA) is 77.0 Å². The van der Waals surface area contributed by atoms with Crippen LogP contribution in [0.5, 0.6) is 0 Å². The minimum atomic E-state index is 0. The predicted octanol–water partition coefficient (Wildman–Crippen LogP) is 2.30. The third kappa shape index (κ3) is 4.89. The molecule has 5 nitrogen and oxygen atoms in total. The molecule has 0 saturated heterocycles. The molecule has 1 aromatic heterocycles. The van der Waals surface area contributed by atoms with Gasteiger partial charge in [0.05, 0.1) is 6.54 Å². The van der Waals surface area contributed by atoms with Gasteiger partial charge in [-0.05, 0) is 25.3 Å². The Balaban J connectivity index is 0.00000180. The van der Waals surface area contributed by atoms with Gasteiger partial charge in [-0.2, -0.15) is 0 Å². The first-order chi connectivity index (χ1) is 8.78. The fourth-order valence-corrected chi connectivity index (χ4v) is 1.65. The van der Waals surface area contributed by atoms with E-state index in [1.807, 2.05) is 0 Å². The van der Waals surface area contributed by atoms with Crippen LogP contribution in [-0.2, 0) is 13.0 Å². The van der Waals surface area contributed by atoms with Crippen LogP contribution in [0.15, 0.2) is 28.7 Å². The number of nitrogens with two attached hydrogens (primary N) is 1. The van der Waals surface area contributed by atoms with Crippen molar-refractivity contribution in [3.8, 4) is 0 Å². The van der Waals surface area contributed by atoms with Crippen molar-refractivity contribution in [1.29, 1.82) is 0 Å². The fourth-order valence-electron chi connectivity index (χ4n) is 1.65. The normalized spacial score (nSPS) is 10.0. The number of benzene rings is 1. The highest BCUT2D eigenvalue weighted by Gasteiger charge is 2.02. The van der Waals surface area contributed by atoms with Gasteiger partial charge in [-0.25, -0.2) is 0 Å². The lowest BCUT2D eigenvalue weighted by molar-refractivity contribution is 0.507. The smallest absolute Gasteiger partial charge is 0.315 e. The highest BCUT2D eigenvalue weighted by atomic mass is 35.5. The van der Waals surface area contributed by atoms with E-state index in [0.717, 1.165) is 19.4 Å². The second-order valence-electron chi connectivity index (χ2n) is 4.22. The second-order valence-corrected chi connectivity index (χ2v) is 4.22. The Bertz CT molecular complexity index is 484. The van der Waals surface area contributed by atoms with E-state index in [0.29, 0.717) is 11.9 Å². The van der Waals surface area contributed by atoms with Crippen molar-refractivity contribution in [1.82, 2.24) is 10.2 Å². The lowest BCUT2D eigenvalue weighted by Crippen LogP contribution is -2.03. The molecule has 3 N–H and O–H groups in total. The SMILES string of the molecule is Cc1ccc(CCCNc2nnc(CN)o2)cc1.Cl. The Morgan fingerprint density at radius 3 is 2.58 bits per heavy atom. The average Bonchev–Trinajstić information content (AvgIpc) is 2.85. The van der Waals surface area contributed by atoms with Crippen LogP contribution in [0.1, 0.15) is 23.4 Å². The largest absolute Gasteiger partial charge is 0.407 e. The van der Waals surface area contributed by atoms with Gasteiger partial charge in [0.2, 0.25) is 5.89 Å². The van der Waals surface area contributed by atoms with Crippen LogP contribution in [0.4, 0.5) is 6.01 Å². The van der Waals surface area contributed by atoms with Crippen molar-refractivity contribution in [2.24, 2.45) is 5.73 Å². The van der Waals surface area contributed by atoms with Gasteiger partial charge in [0.25, 0.3) is 0 Å². The summed E-state index contributed by atoms with van der Waals surface area (Å²) >= 11 is 0. The number of aromatic nitrogens is 2. The highest BCUT2D eigenvalue weighted by Crippen LogP contribution is 2.07. The van der Waals surface area contributed by atoms with Gasteiger partial charge in [-0.3, -0.25) is 0 Å². The molecule has 104 valence electrons. The van der Waals surface area contributed by atoms with Crippen LogP contribution >= 0.6 is 12.4 Å². The summed E-state index contributed by atoms with van der Waals surface area (Å²) < 4.78 is 5.24. The molecule has 0 fully saturated rings. The zero-order chi connectivity index (χ0) is 12.8. The molecule has 19 heavy (non-hydrogen) atoms. The Hall–Kier alpha value is -1.59. The molecule has 0 bridgehead atoms. The van der Waals surface area contributed by atoms with Crippen LogP contribution < -0.4 is 11.1 Å². The number of hydrogen-bond donors (Lipinski definition) is 2. The summed E-state index contributed by atoms with van der Waals surface area (Å²) in [6, 6.07) is 9.03. The Morgan fingerprint density at radius 2 is 1.95 bits per heavy atom. The summed E-state index contributed by atoms with van der Waals surface area (Å²) in [5.74, 6) is 0.455. The van der Waals surface area contributed by atoms with Crippen molar-refractivity contribution >= 4 is 18.4 Å². The monoisotopic (exact) mass is 282 g/mol. The molecule has 2 rings (SSSR count). The fraction of sp³-hybridized carbons (Fsp3) is 0.385. The summed E-state index contributed by atoms with van der Waals surface area (Å²) in [7, 11) is 0. The highest BCUT2D eigenvalue weighted by molar-refractivity contribution is 5.85. The molecule has 0 amide bonds. The minimum Gasteiger partial charge on any atom is -0.407 e. The molecule has 0 radical (unpaired) electrons. The zero-order valence-corrected chi connectivity index (χ0v) is 11.7. The van der Waals surface area contributed by atoms with E-state index in [-0.39, 0.29) is 19.0 Å². The van der Waals surface area contributed by atoms with E-state index in [1.54, 1.807) is 0 Å². The van der Waals surface area contributed by atoms with E-state index < -0.39 is 0 Å². The van der Waals surface area contributed by atoms with Gasteiger partial charge in [-0.1, -0.05) is 34.9 Å². The number of nitrogens with zero attached hydrogens (tertiary/aromatic N) is 2. The van der Waals surface area contributed by atoms with Gasteiger partial charge in [0.15, 0.2) is 0 Å². The van der Waals surface area contributed by atoms with Gasteiger partial charge < -0.3 is 15.5 Å². The van der Waals surface area contributed by atoms with E-state index in [9.17, 15) is 0 Å². The molecule has 0 spiro atoms. The molecular weight excluding hydrogens is 264 g/mol. The van der Waals surface area contributed by atoms with E-state index in [1.165, 1.54) is 11.1 Å². The molecule has 0 aliphatic rings. The maximum absolute atomic E-state index is 5.38. The average molecular weight is 283 g/mol. The first-order valence-electron chi connectivity index (χ1n) is 6.10. The molecule has 0 aliphatic carbocycles. The van der Waals surface area contributed by atoms with Crippen molar-refractivity contribution in [3.63, 3.8) is 0 Å². The maximum Gasteiger partial charge on any atom is 0.315 e. The molecular formula is C13H19ClN4O. The molecule has 0 saturated carbocycles. The molecule has 0 aliphatic heterocycles. The van der Waals surface area contributed by atoms with Crippen molar-refractivity contribution in [2.45, 2.75) is 26.3 Å². The third-order valence-electron chi connectivity index (χ3n) is 2.68. The number of hydrogen-bond acceptors (Lipinski definition) is 5. The molecule has 0 atom stereocenters.